The van der Waals surface area contributed by atoms with Gasteiger partial charge in [-0.25, -0.2) is 13.4 Å². The van der Waals surface area contributed by atoms with E-state index in [1.807, 2.05) is 0 Å². The van der Waals surface area contributed by atoms with Gasteiger partial charge in [-0.3, -0.25) is 4.68 Å². The third-order valence-electron chi connectivity index (χ3n) is 1.11. The molecule has 0 fully saturated rings. The van der Waals surface area contributed by atoms with Gasteiger partial charge in [0.25, 0.3) is 5.16 Å². The normalized spacial score (nSPS) is 11.0. The van der Waals surface area contributed by atoms with E-state index >= 15 is 0 Å². The molecule has 6 nitrogen and oxygen atoms in total. The summed E-state index contributed by atoms with van der Waals surface area (Å²) < 4.78 is 23.4. The van der Waals surface area contributed by atoms with E-state index in [0.717, 1.165) is 0 Å². The van der Waals surface area contributed by atoms with Gasteiger partial charge >= 0.3 is 0 Å². The van der Waals surface area contributed by atoms with Gasteiger partial charge in [0.1, 0.15) is 12.1 Å². The van der Waals surface area contributed by atoms with Crippen LogP contribution < -0.4 is 0 Å². The maximum Gasteiger partial charge on any atom is 0.267 e. The predicted molar refractivity (Wildman–Crippen MR) is 38.7 cm³/mol. The van der Waals surface area contributed by atoms with Crippen molar-refractivity contribution in [1.29, 1.82) is 5.26 Å². The summed E-state index contributed by atoms with van der Waals surface area (Å²) >= 11 is 0. The number of aryl methyl sites for hydroxylation is 1. The molecule has 7 heteroatoms. The van der Waals surface area contributed by atoms with E-state index in [1.54, 1.807) is 7.05 Å². The van der Waals surface area contributed by atoms with Gasteiger partial charge in [-0.15, -0.1) is 5.10 Å². The summed E-state index contributed by atoms with van der Waals surface area (Å²) in [5, 5.41) is 11.4. The molecule has 1 rings (SSSR count). The monoisotopic (exact) mass is 186 g/mol. The van der Waals surface area contributed by atoms with Crippen molar-refractivity contribution in [2.45, 2.75) is 5.16 Å². The smallest absolute Gasteiger partial charge is 0.255 e. The van der Waals surface area contributed by atoms with Crippen LogP contribution in [0.3, 0.4) is 0 Å². The van der Waals surface area contributed by atoms with Crippen LogP contribution in [0.4, 0.5) is 0 Å². The molecule has 0 aliphatic heterocycles. The molecule has 0 aliphatic rings. The molecule has 1 heterocycles. The quantitative estimate of drug-likeness (QED) is 0.598. The molecular weight excluding hydrogens is 180 g/mol. The Morgan fingerprint density at radius 2 is 2.42 bits per heavy atom. The lowest BCUT2D eigenvalue weighted by molar-refractivity contribution is 0.587. The number of aromatic nitrogens is 3. The molecule has 0 aromatic carbocycles. The van der Waals surface area contributed by atoms with Crippen molar-refractivity contribution in [2.24, 2.45) is 7.05 Å². The second kappa shape index (κ2) is 2.91. The molecule has 0 spiro atoms. The number of nitriles is 1. The summed E-state index contributed by atoms with van der Waals surface area (Å²) in [7, 11) is -2.04. The summed E-state index contributed by atoms with van der Waals surface area (Å²) in [4.78, 5) is 3.52. The fourth-order valence-corrected chi connectivity index (χ4v) is 1.37. The highest BCUT2D eigenvalue weighted by Gasteiger charge is 2.18. The second-order valence-corrected chi connectivity index (χ2v) is 4.00. The van der Waals surface area contributed by atoms with Crippen LogP contribution in [-0.2, 0) is 16.9 Å². The van der Waals surface area contributed by atoms with Gasteiger partial charge in [0.05, 0.1) is 6.07 Å². The fraction of sp³-hybridized carbons (Fsp3) is 0.400. The van der Waals surface area contributed by atoms with E-state index in [9.17, 15) is 8.42 Å². The van der Waals surface area contributed by atoms with Crippen LogP contribution in [0.15, 0.2) is 11.5 Å². The molecule has 0 saturated heterocycles. The van der Waals surface area contributed by atoms with Crippen LogP contribution >= 0.6 is 0 Å². The first-order valence-electron chi connectivity index (χ1n) is 3.01. The Balaban J connectivity index is 3.08. The lowest BCUT2D eigenvalue weighted by Gasteiger charge is -1.89. The van der Waals surface area contributed by atoms with Crippen LogP contribution in [0.5, 0.6) is 0 Å². The highest BCUT2D eigenvalue weighted by Crippen LogP contribution is 2.01. The Hall–Kier alpha value is -1.42. The maximum absolute atomic E-state index is 11.1. The van der Waals surface area contributed by atoms with Gasteiger partial charge in [0.2, 0.25) is 9.84 Å². The van der Waals surface area contributed by atoms with Gasteiger partial charge in [0.15, 0.2) is 0 Å². The van der Waals surface area contributed by atoms with E-state index in [0.29, 0.717) is 0 Å². The summed E-state index contributed by atoms with van der Waals surface area (Å²) in [6.07, 6.45) is 1.27. The zero-order valence-corrected chi connectivity index (χ0v) is 7.11. The van der Waals surface area contributed by atoms with Crippen molar-refractivity contribution < 1.29 is 8.42 Å². The molecule has 1 aromatic heterocycles. The zero-order chi connectivity index (χ0) is 9.19. The van der Waals surface area contributed by atoms with Crippen molar-refractivity contribution >= 4 is 9.84 Å². The van der Waals surface area contributed by atoms with E-state index in [-0.39, 0.29) is 5.16 Å². The maximum atomic E-state index is 11.1. The van der Waals surface area contributed by atoms with Crippen LogP contribution in [0.25, 0.3) is 0 Å². The molecule has 0 aliphatic carbocycles. The minimum atomic E-state index is -3.59. The van der Waals surface area contributed by atoms with Crippen molar-refractivity contribution in [2.75, 3.05) is 5.75 Å². The Kier molecular flexibility index (Phi) is 2.10. The van der Waals surface area contributed by atoms with Crippen molar-refractivity contribution in [3.63, 3.8) is 0 Å². The number of hydrogen-bond acceptors (Lipinski definition) is 5. The largest absolute Gasteiger partial charge is 0.267 e. The average molecular weight is 186 g/mol. The minimum absolute atomic E-state index is 0.299. The van der Waals surface area contributed by atoms with Crippen LogP contribution in [0.1, 0.15) is 0 Å². The third kappa shape index (κ3) is 1.60. The molecular formula is C5H6N4O2S. The minimum Gasteiger partial charge on any atom is -0.255 e. The highest BCUT2D eigenvalue weighted by atomic mass is 32.2. The van der Waals surface area contributed by atoms with E-state index in [1.165, 1.54) is 17.1 Å². The first kappa shape index (κ1) is 8.67. The van der Waals surface area contributed by atoms with E-state index in [2.05, 4.69) is 10.1 Å². The molecule has 0 bridgehead atoms. The first-order valence-corrected chi connectivity index (χ1v) is 4.67. The second-order valence-electron chi connectivity index (χ2n) is 2.12. The first-order chi connectivity index (χ1) is 5.56. The topological polar surface area (TPSA) is 88.6 Å². The number of sulfone groups is 1. The van der Waals surface area contributed by atoms with Crippen LogP contribution in [-0.4, -0.2) is 28.9 Å². The molecule has 0 N–H and O–H groups in total. The lowest BCUT2D eigenvalue weighted by atomic mass is 10.9. The van der Waals surface area contributed by atoms with E-state index < -0.39 is 15.6 Å². The molecule has 64 valence electrons. The third-order valence-corrected chi connectivity index (χ3v) is 2.36. The van der Waals surface area contributed by atoms with Gasteiger partial charge in [-0.2, -0.15) is 5.26 Å². The Bertz CT molecular complexity index is 413. The van der Waals surface area contributed by atoms with Crippen LogP contribution in [0, 0.1) is 11.3 Å². The SMILES string of the molecule is Cn1cnc(S(=O)(=O)CC#N)n1. The van der Waals surface area contributed by atoms with Gasteiger partial charge < -0.3 is 0 Å². The molecule has 12 heavy (non-hydrogen) atoms. The number of hydrogen-bond donors (Lipinski definition) is 0. The Morgan fingerprint density at radius 3 is 2.83 bits per heavy atom. The van der Waals surface area contributed by atoms with Gasteiger partial charge in [0, 0.05) is 7.05 Å². The molecule has 0 saturated carbocycles. The number of rotatable bonds is 2. The lowest BCUT2D eigenvalue weighted by Crippen LogP contribution is -2.07. The fourth-order valence-electron chi connectivity index (χ4n) is 0.612. The molecule has 0 amide bonds. The van der Waals surface area contributed by atoms with E-state index in [4.69, 9.17) is 5.26 Å². The van der Waals surface area contributed by atoms with Crippen molar-refractivity contribution in [1.82, 2.24) is 14.8 Å². The predicted octanol–water partition coefficient (Wildman–Crippen LogP) is -0.888. The van der Waals surface area contributed by atoms with Gasteiger partial charge in [-0.05, 0) is 0 Å². The molecule has 0 unspecified atom stereocenters. The van der Waals surface area contributed by atoms with Crippen LogP contribution in [0.2, 0.25) is 0 Å². The standard InChI is InChI=1S/C5H6N4O2S/c1-9-4-7-5(8-9)12(10,11)3-2-6/h4H,3H2,1H3. The Labute approximate surface area is 69.4 Å². The summed E-state index contributed by atoms with van der Waals surface area (Å²) in [6.45, 7) is 0. The summed E-state index contributed by atoms with van der Waals surface area (Å²) in [6, 6.07) is 1.54. The molecule has 1 aromatic rings. The van der Waals surface area contributed by atoms with Crippen molar-refractivity contribution in [3.8, 4) is 6.07 Å². The number of nitrogens with zero attached hydrogens (tertiary/aromatic N) is 4. The zero-order valence-electron chi connectivity index (χ0n) is 6.30. The average Bonchev–Trinajstić information content (AvgIpc) is 2.36. The Morgan fingerprint density at radius 1 is 1.75 bits per heavy atom. The van der Waals surface area contributed by atoms with Gasteiger partial charge in [-0.1, -0.05) is 0 Å². The molecule has 0 radical (unpaired) electrons. The van der Waals surface area contributed by atoms with Crippen molar-refractivity contribution in [3.05, 3.63) is 6.33 Å². The summed E-state index contributed by atoms with van der Waals surface area (Å²) in [5.74, 6) is -0.586. The summed E-state index contributed by atoms with van der Waals surface area (Å²) in [5.41, 5.74) is 0. The highest BCUT2D eigenvalue weighted by molar-refractivity contribution is 7.91. The molecule has 0 atom stereocenters.